The first kappa shape index (κ1) is 11.1. The van der Waals surface area contributed by atoms with Gasteiger partial charge in [0.05, 0.1) is 17.7 Å². The summed E-state index contributed by atoms with van der Waals surface area (Å²) in [4.78, 5) is 11.8. The van der Waals surface area contributed by atoms with Crippen LogP contribution in [0.1, 0.15) is 30.7 Å². The molecule has 2 atom stereocenters. The van der Waals surface area contributed by atoms with Crippen molar-refractivity contribution in [2.24, 2.45) is 0 Å². The van der Waals surface area contributed by atoms with Gasteiger partial charge in [-0.15, -0.1) is 0 Å². The van der Waals surface area contributed by atoms with Gasteiger partial charge in [0.1, 0.15) is 5.76 Å². The fourth-order valence-electron chi connectivity index (χ4n) is 2.74. The highest BCUT2D eigenvalue weighted by atomic mass is 16.3. The first-order valence-corrected chi connectivity index (χ1v) is 6.08. The summed E-state index contributed by atoms with van der Waals surface area (Å²) < 4.78 is 5.53. The van der Waals surface area contributed by atoms with E-state index in [4.69, 9.17) is 4.42 Å². The van der Waals surface area contributed by atoms with Crippen LogP contribution in [-0.2, 0) is 10.2 Å². The van der Waals surface area contributed by atoms with Crippen molar-refractivity contribution in [3.8, 4) is 0 Å². The molecule has 2 heterocycles. The third kappa shape index (κ3) is 1.63. The lowest BCUT2D eigenvalue weighted by Gasteiger charge is -2.28. The molecule has 1 N–H and O–H groups in total. The van der Waals surface area contributed by atoms with E-state index >= 15 is 0 Å². The maximum Gasteiger partial charge on any atom is 0.221 e. The summed E-state index contributed by atoms with van der Waals surface area (Å²) in [6, 6.07) is 13.8. The van der Waals surface area contributed by atoms with E-state index in [1.54, 1.807) is 6.26 Å². The highest BCUT2D eigenvalue weighted by Gasteiger charge is 2.47. The van der Waals surface area contributed by atoms with Gasteiger partial charge in [0, 0.05) is 6.42 Å². The lowest BCUT2D eigenvalue weighted by molar-refractivity contribution is -0.119. The van der Waals surface area contributed by atoms with E-state index < -0.39 is 0 Å². The van der Waals surface area contributed by atoms with Crippen LogP contribution in [0.4, 0.5) is 0 Å². The minimum atomic E-state index is -0.318. The molecule has 0 bridgehead atoms. The Morgan fingerprint density at radius 2 is 2.00 bits per heavy atom. The van der Waals surface area contributed by atoms with E-state index in [0.29, 0.717) is 6.42 Å². The molecule has 3 rings (SSSR count). The summed E-state index contributed by atoms with van der Waals surface area (Å²) in [5, 5.41) is 3.05. The third-order valence-corrected chi connectivity index (χ3v) is 3.69. The monoisotopic (exact) mass is 241 g/mol. The summed E-state index contributed by atoms with van der Waals surface area (Å²) >= 11 is 0. The largest absolute Gasteiger partial charge is 0.469 e. The van der Waals surface area contributed by atoms with Crippen molar-refractivity contribution >= 4 is 5.91 Å². The summed E-state index contributed by atoms with van der Waals surface area (Å²) in [6.07, 6.45) is 2.12. The highest BCUT2D eigenvalue weighted by molar-refractivity contribution is 5.81. The quantitative estimate of drug-likeness (QED) is 0.878. The second kappa shape index (κ2) is 4.02. The molecule has 1 aromatic heterocycles. The Hall–Kier alpha value is -2.03. The van der Waals surface area contributed by atoms with Crippen LogP contribution in [0.5, 0.6) is 0 Å². The summed E-state index contributed by atoms with van der Waals surface area (Å²) in [5.41, 5.74) is 0.796. The van der Waals surface area contributed by atoms with Gasteiger partial charge in [-0.2, -0.15) is 0 Å². The molecule has 0 saturated carbocycles. The van der Waals surface area contributed by atoms with E-state index in [-0.39, 0.29) is 17.4 Å². The van der Waals surface area contributed by atoms with Crippen LogP contribution in [0.25, 0.3) is 0 Å². The van der Waals surface area contributed by atoms with Crippen LogP contribution in [0.2, 0.25) is 0 Å². The first-order valence-electron chi connectivity index (χ1n) is 6.08. The second-order valence-corrected chi connectivity index (χ2v) is 4.98. The van der Waals surface area contributed by atoms with Crippen molar-refractivity contribution < 1.29 is 9.21 Å². The molecule has 18 heavy (non-hydrogen) atoms. The summed E-state index contributed by atoms with van der Waals surface area (Å²) in [7, 11) is 0. The molecule has 1 amide bonds. The summed E-state index contributed by atoms with van der Waals surface area (Å²) in [6.45, 7) is 2.07. The molecule has 0 aliphatic carbocycles. The number of nitrogens with one attached hydrogen (secondary N) is 1. The fraction of sp³-hybridized carbons (Fsp3) is 0.267. The minimum Gasteiger partial charge on any atom is -0.469 e. The molecular weight excluding hydrogens is 226 g/mol. The molecule has 1 fully saturated rings. The average Bonchev–Trinajstić information content (AvgIpc) is 2.99. The molecule has 3 nitrogen and oxygen atoms in total. The zero-order valence-electron chi connectivity index (χ0n) is 10.2. The molecule has 92 valence electrons. The van der Waals surface area contributed by atoms with E-state index in [1.165, 1.54) is 0 Å². The van der Waals surface area contributed by atoms with E-state index in [0.717, 1.165) is 11.3 Å². The molecule has 2 aromatic rings. The van der Waals surface area contributed by atoms with Gasteiger partial charge in [0.25, 0.3) is 0 Å². The SMILES string of the molecule is CC1(c2ccco2)CC(=O)NC1c1ccccc1. The van der Waals surface area contributed by atoms with Gasteiger partial charge >= 0.3 is 0 Å². The number of furan rings is 1. The Balaban J connectivity index is 2.05. The van der Waals surface area contributed by atoms with Crippen LogP contribution < -0.4 is 5.32 Å². The number of rotatable bonds is 2. The van der Waals surface area contributed by atoms with Gasteiger partial charge in [-0.1, -0.05) is 30.3 Å². The van der Waals surface area contributed by atoms with Gasteiger partial charge < -0.3 is 9.73 Å². The van der Waals surface area contributed by atoms with Gasteiger partial charge in [-0.3, -0.25) is 4.79 Å². The van der Waals surface area contributed by atoms with Gasteiger partial charge in [-0.05, 0) is 24.6 Å². The van der Waals surface area contributed by atoms with Crippen molar-refractivity contribution in [2.45, 2.75) is 24.8 Å². The van der Waals surface area contributed by atoms with Crippen molar-refractivity contribution in [1.82, 2.24) is 5.32 Å². The topological polar surface area (TPSA) is 42.2 Å². The zero-order chi connectivity index (χ0) is 12.6. The second-order valence-electron chi connectivity index (χ2n) is 4.98. The van der Waals surface area contributed by atoms with E-state index in [9.17, 15) is 4.79 Å². The van der Waals surface area contributed by atoms with Crippen molar-refractivity contribution in [2.75, 3.05) is 0 Å². The van der Waals surface area contributed by atoms with E-state index in [1.807, 2.05) is 42.5 Å². The Morgan fingerprint density at radius 3 is 2.67 bits per heavy atom. The third-order valence-electron chi connectivity index (χ3n) is 3.69. The lowest BCUT2D eigenvalue weighted by atomic mass is 9.77. The van der Waals surface area contributed by atoms with Crippen molar-refractivity contribution in [3.05, 3.63) is 60.1 Å². The molecule has 2 unspecified atom stereocenters. The molecule has 1 saturated heterocycles. The molecule has 1 aromatic carbocycles. The molecule has 0 spiro atoms. The fourth-order valence-corrected chi connectivity index (χ4v) is 2.74. The molecule has 1 aliphatic rings. The molecule has 1 aliphatic heterocycles. The number of hydrogen-bond donors (Lipinski definition) is 1. The normalized spacial score (nSPS) is 27.2. The van der Waals surface area contributed by atoms with Gasteiger partial charge in [-0.25, -0.2) is 0 Å². The Bertz CT molecular complexity index is 547. The van der Waals surface area contributed by atoms with Crippen LogP contribution in [0.15, 0.2) is 53.1 Å². The Kier molecular flexibility index (Phi) is 2.47. The molecular formula is C15H15NO2. The van der Waals surface area contributed by atoms with Crippen LogP contribution in [0.3, 0.4) is 0 Å². The van der Waals surface area contributed by atoms with Crippen molar-refractivity contribution in [1.29, 1.82) is 0 Å². The number of benzene rings is 1. The maximum absolute atomic E-state index is 11.8. The van der Waals surface area contributed by atoms with Gasteiger partial charge in [0.2, 0.25) is 5.91 Å². The molecule has 0 radical (unpaired) electrons. The maximum atomic E-state index is 11.8. The number of carbonyl (C=O) groups is 1. The zero-order valence-corrected chi connectivity index (χ0v) is 10.2. The average molecular weight is 241 g/mol. The predicted molar refractivity (Wildman–Crippen MR) is 68.0 cm³/mol. The number of carbonyl (C=O) groups excluding carboxylic acids is 1. The van der Waals surface area contributed by atoms with Crippen molar-refractivity contribution in [3.63, 3.8) is 0 Å². The lowest BCUT2D eigenvalue weighted by Crippen LogP contribution is -2.30. The van der Waals surface area contributed by atoms with Crippen LogP contribution in [0, 0.1) is 0 Å². The standard InChI is InChI=1S/C15H15NO2/c1-15(12-8-5-9-18-12)10-13(17)16-14(15)11-6-3-2-4-7-11/h2-9,14H,10H2,1H3,(H,16,17). The minimum absolute atomic E-state index is 0.0302. The Morgan fingerprint density at radius 1 is 1.22 bits per heavy atom. The van der Waals surface area contributed by atoms with Crippen LogP contribution >= 0.6 is 0 Å². The smallest absolute Gasteiger partial charge is 0.221 e. The summed E-state index contributed by atoms with van der Waals surface area (Å²) in [5.74, 6) is 0.928. The first-order chi connectivity index (χ1) is 8.70. The Labute approximate surface area is 106 Å². The van der Waals surface area contributed by atoms with Gasteiger partial charge in [0.15, 0.2) is 0 Å². The molecule has 3 heteroatoms. The van der Waals surface area contributed by atoms with Crippen LogP contribution in [-0.4, -0.2) is 5.91 Å². The van der Waals surface area contributed by atoms with E-state index in [2.05, 4.69) is 12.2 Å². The predicted octanol–water partition coefficient (Wildman–Crippen LogP) is 2.80. The number of hydrogen-bond acceptors (Lipinski definition) is 2. The number of amides is 1. The highest BCUT2D eigenvalue weighted by Crippen LogP contribution is 2.44.